The summed E-state index contributed by atoms with van der Waals surface area (Å²) in [7, 11) is 0. The van der Waals surface area contributed by atoms with Gasteiger partial charge < -0.3 is 10.5 Å². The van der Waals surface area contributed by atoms with Crippen LogP contribution in [0.15, 0.2) is 29.3 Å². The van der Waals surface area contributed by atoms with Crippen molar-refractivity contribution < 1.29 is 9.13 Å². The molecule has 0 saturated heterocycles. The average Bonchev–Trinajstić information content (AvgIpc) is 3.25. The first-order chi connectivity index (χ1) is 9.70. The molecule has 106 valence electrons. The van der Waals surface area contributed by atoms with Crippen molar-refractivity contribution in [2.45, 2.75) is 34.8 Å². The highest BCUT2D eigenvalue weighted by Gasteiger charge is 2.58. The lowest BCUT2D eigenvalue weighted by Crippen LogP contribution is -2.48. The second kappa shape index (κ2) is 4.13. The zero-order valence-electron chi connectivity index (χ0n) is 11.1. The molecular formula is C15H17FN2OS. The zero-order valence-corrected chi connectivity index (χ0v) is 12.0. The fourth-order valence-electron chi connectivity index (χ4n) is 3.25. The van der Waals surface area contributed by atoms with E-state index in [0.29, 0.717) is 12.4 Å². The quantitative estimate of drug-likeness (QED) is 0.865. The van der Waals surface area contributed by atoms with Crippen molar-refractivity contribution in [3.8, 4) is 5.75 Å². The lowest BCUT2D eigenvalue weighted by atomic mass is 9.86. The van der Waals surface area contributed by atoms with Gasteiger partial charge in [-0.05, 0) is 25.3 Å². The van der Waals surface area contributed by atoms with Gasteiger partial charge in [-0.3, -0.25) is 4.99 Å². The molecule has 20 heavy (non-hydrogen) atoms. The maximum atomic E-state index is 14.1. The van der Waals surface area contributed by atoms with E-state index in [1.807, 2.05) is 36.0 Å². The minimum absolute atomic E-state index is 0.0113. The summed E-state index contributed by atoms with van der Waals surface area (Å²) in [4.78, 5) is 4.69. The molecule has 3 aliphatic rings. The van der Waals surface area contributed by atoms with Crippen LogP contribution in [-0.2, 0) is 5.54 Å². The topological polar surface area (TPSA) is 47.6 Å². The third-order valence-electron chi connectivity index (χ3n) is 4.59. The summed E-state index contributed by atoms with van der Waals surface area (Å²) in [5.41, 5.74) is 6.15. The first kappa shape index (κ1) is 12.5. The van der Waals surface area contributed by atoms with Crippen LogP contribution in [0.4, 0.5) is 4.39 Å². The van der Waals surface area contributed by atoms with Crippen LogP contribution in [0.2, 0.25) is 0 Å². The Morgan fingerprint density at radius 1 is 1.40 bits per heavy atom. The van der Waals surface area contributed by atoms with Gasteiger partial charge in [0.15, 0.2) is 0 Å². The third kappa shape index (κ3) is 1.56. The summed E-state index contributed by atoms with van der Waals surface area (Å²) in [6.45, 7) is 0.0871. The monoisotopic (exact) mass is 292 g/mol. The summed E-state index contributed by atoms with van der Waals surface area (Å²) >= 11 is 1.82. The van der Waals surface area contributed by atoms with E-state index in [0.717, 1.165) is 30.6 Å². The fourth-order valence-corrected chi connectivity index (χ4v) is 4.95. The Labute approximate surface area is 121 Å². The second-order valence-electron chi connectivity index (χ2n) is 5.79. The van der Waals surface area contributed by atoms with Gasteiger partial charge in [0.05, 0.1) is 11.4 Å². The van der Waals surface area contributed by atoms with Gasteiger partial charge in [-0.25, -0.2) is 4.39 Å². The van der Waals surface area contributed by atoms with Gasteiger partial charge in [0.25, 0.3) is 0 Å². The first-order valence-electron chi connectivity index (χ1n) is 7.02. The van der Waals surface area contributed by atoms with Gasteiger partial charge in [0, 0.05) is 10.8 Å². The smallest absolute Gasteiger partial charge is 0.131 e. The number of amidine groups is 1. The normalized spacial score (nSPS) is 33.5. The van der Waals surface area contributed by atoms with Gasteiger partial charge >= 0.3 is 0 Å². The summed E-state index contributed by atoms with van der Waals surface area (Å²) in [6.07, 6.45) is 2.94. The molecular weight excluding hydrogens is 275 g/mol. The lowest BCUT2D eigenvalue weighted by molar-refractivity contribution is 0.290. The number of para-hydroxylation sites is 1. The minimum atomic E-state index is -0.865. The van der Waals surface area contributed by atoms with Crippen molar-refractivity contribution in [3.05, 3.63) is 29.8 Å². The number of rotatable bonds is 1. The van der Waals surface area contributed by atoms with Crippen molar-refractivity contribution in [3.63, 3.8) is 0 Å². The lowest BCUT2D eigenvalue weighted by Gasteiger charge is -2.40. The molecule has 3 nitrogen and oxygen atoms in total. The van der Waals surface area contributed by atoms with E-state index in [2.05, 4.69) is 4.99 Å². The molecule has 1 saturated carbocycles. The first-order valence-corrected chi connectivity index (χ1v) is 7.90. The molecule has 1 aliphatic carbocycles. The number of ether oxygens (including phenoxy) is 1. The predicted octanol–water partition coefficient (Wildman–Crippen LogP) is 2.64. The highest BCUT2D eigenvalue weighted by molar-refractivity contribution is 8.02. The maximum Gasteiger partial charge on any atom is 0.131 e. The summed E-state index contributed by atoms with van der Waals surface area (Å²) in [5.74, 6) is 1.37. The predicted molar refractivity (Wildman–Crippen MR) is 79.2 cm³/mol. The molecule has 2 N–H and O–H groups in total. The van der Waals surface area contributed by atoms with Crippen LogP contribution in [0.5, 0.6) is 5.75 Å². The van der Waals surface area contributed by atoms with Gasteiger partial charge in [-0.15, -0.1) is 11.8 Å². The van der Waals surface area contributed by atoms with E-state index >= 15 is 0 Å². The molecule has 1 fully saturated rings. The molecule has 2 heterocycles. The molecule has 0 radical (unpaired) electrons. The van der Waals surface area contributed by atoms with Crippen LogP contribution in [0.3, 0.4) is 0 Å². The number of nitrogens with two attached hydrogens (primary N) is 1. The number of aliphatic imine (C=N–C) groups is 1. The molecule has 2 unspecified atom stereocenters. The molecule has 0 bridgehead atoms. The van der Waals surface area contributed by atoms with Gasteiger partial charge in [0.2, 0.25) is 0 Å². The van der Waals surface area contributed by atoms with E-state index in [9.17, 15) is 4.39 Å². The number of halogens is 1. The number of benzene rings is 1. The van der Waals surface area contributed by atoms with Gasteiger partial charge in [0.1, 0.15) is 23.8 Å². The van der Waals surface area contributed by atoms with Gasteiger partial charge in [-0.2, -0.15) is 0 Å². The van der Waals surface area contributed by atoms with Crippen LogP contribution in [0, 0.1) is 0 Å². The van der Waals surface area contributed by atoms with Crippen molar-refractivity contribution in [2.75, 3.05) is 13.3 Å². The van der Waals surface area contributed by atoms with Crippen molar-refractivity contribution in [1.82, 2.24) is 0 Å². The number of fused-ring (bicyclic) bond motifs is 3. The molecule has 0 amide bonds. The largest absolute Gasteiger partial charge is 0.493 e. The van der Waals surface area contributed by atoms with Crippen LogP contribution >= 0.6 is 11.8 Å². The Bertz CT molecular complexity index is 587. The van der Waals surface area contributed by atoms with E-state index in [1.54, 1.807) is 0 Å². The Morgan fingerprint density at radius 3 is 2.95 bits per heavy atom. The maximum absolute atomic E-state index is 14.1. The number of alkyl halides is 1. The van der Waals surface area contributed by atoms with E-state index in [-0.39, 0.29) is 10.00 Å². The Kier molecular flexibility index (Phi) is 2.58. The average molecular weight is 292 g/mol. The molecule has 0 aromatic heterocycles. The molecule has 4 rings (SSSR count). The molecule has 2 atom stereocenters. The molecule has 1 spiro atoms. The van der Waals surface area contributed by atoms with Crippen molar-refractivity contribution in [2.24, 2.45) is 10.7 Å². The number of hydrogen-bond acceptors (Lipinski definition) is 4. The number of thioether (sulfide) groups is 1. The molecule has 1 aromatic rings. The molecule has 2 aliphatic heterocycles. The van der Waals surface area contributed by atoms with Crippen molar-refractivity contribution in [1.29, 1.82) is 0 Å². The Morgan fingerprint density at radius 2 is 2.20 bits per heavy atom. The fraction of sp³-hybridized carbons (Fsp3) is 0.533. The number of hydrogen-bond donors (Lipinski definition) is 1. The summed E-state index contributed by atoms with van der Waals surface area (Å²) < 4.78 is 19.9. The second-order valence-corrected chi connectivity index (χ2v) is 7.38. The van der Waals surface area contributed by atoms with Crippen LogP contribution in [0.25, 0.3) is 0 Å². The molecule has 5 heteroatoms. The van der Waals surface area contributed by atoms with E-state index < -0.39 is 12.2 Å². The molecule has 1 aromatic carbocycles. The van der Waals surface area contributed by atoms with E-state index in [4.69, 9.17) is 10.5 Å². The third-order valence-corrected chi connectivity index (χ3v) is 6.56. The minimum Gasteiger partial charge on any atom is -0.493 e. The van der Waals surface area contributed by atoms with Gasteiger partial charge in [-0.1, -0.05) is 18.2 Å². The SMILES string of the molecule is NC1=NC2(CF)c3ccccc3OCCC2SC12CC2. The van der Waals surface area contributed by atoms with E-state index in [1.165, 1.54) is 0 Å². The highest BCUT2D eigenvalue weighted by atomic mass is 32.2. The summed E-state index contributed by atoms with van der Waals surface area (Å²) in [6, 6.07) is 7.65. The Balaban J connectivity index is 1.92. The van der Waals surface area contributed by atoms with Crippen LogP contribution < -0.4 is 10.5 Å². The van der Waals surface area contributed by atoms with Crippen LogP contribution in [0.1, 0.15) is 24.8 Å². The number of nitrogens with zero attached hydrogens (tertiary/aromatic N) is 1. The standard InChI is InChI=1S/C15H17FN2OS/c16-9-15-10-3-1-2-4-11(10)19-8-5-12(15)20-14(6-7-14)13(17)18-15/h1-4,12H,5-9H2,(H2,17,18). The highest BCUT2D eigenvalue weighted by Crippen LogP contribution is 2.59. The zero-order chi connectivity index (χ0) is 13.8. The van der Waals surface area contributed by atoms with Crippen molar-refractivity contribution >= 4 is 17.6 Å². The Hall–Kier alpha value is -1.23. The van der Waals surface area contributed by atoms with Crippen LogP contribution in [-0.4, -0.2) is 29.1 Å². The summed E-state index contributed by atoms with van der Waals surface area (Å²) in [5, 5.41) is 0.103.